The van der Waals surface area contributed by atoms with E-state index in [1.165, 1.54) is 12.1 Å². The van der Waals surface area contributed by atoms with E-state index in [1.807, 2.05) is 23.1 Å². The molecule has 3 aromatic rings. The van der Waals surface area contributed by atoms with Crippen molar-refractivity contribution >= 4 is 12.0 Å². The number of carbonyl (C=O) groups excluding carboxylic acids is 1. The van der Waals surface area contributed by atoms with Gasteiger partial charge in [0, 0.05) is 32.3 Å². The van der Waals surface area contributed by atoms with Crippen LogP contribution in [0.3, 0.4) is 0 Å². The van der Waals surface area contributed by atoms with Crippen LogP contribution in [0, 0.1) is 5.82 Å². The van der Waals surface area contributed by atoms with Crippen molar-refractivity contribution in [3.05, 3.63) is 65.7 Å². The van der Waals surface area contributed by atoms with Gasteiger partial charge in [0.2, 0.25) is 12.7 Å². The standard InChI is InChI=1S/C22H21FN6O3/c23-17-3-5-18(6-4-17)29-21(24-25-26-29)14-27-9-11-28(12-10-27)22(30)8-2-16-1-7-19-20(13-16)32-15-31-19/h1-8,13H,9-12,14-15H2/b8-2-. The minimum Gasteiger partial charge on any atom is -0.454 e. The van der Waals surface area contributed by atoms with E-state index in [-0.39, 0.29) is 18.5 Å². The molecule has 2 aliphatic heterocycles. The van der Waals surface area contributed by atoms with Crippen molar-refractivity contribution in [3.8, 4) is 17.2 Å². The lowest BCUT2D eigenvalue weighted by Crippen LogP contribution is -2.48. The van der Waals surface area contributed by atoms with Gasteiger partial charge in [0.25, 0.3) is 0 Å². The molecular weight excluding hydrogens is 415 g/mol. The molecular formula is C22H21FN6O3. The Morgan fingerprint density at radius 1 is 1.03 bits per heavy atom. The summed E-state index contributed by atoms with van der Waals surface area (Å²) >= 11 is 0. The van der Waals surface area contributed by atoms with Crippen LogP contribution in [-0.4, -0.2) is 68.9 Å². The van der Waals surface area contributed by atoms with E-state index in [0.29, 0.717) is 50.0 Å². The van der Waals surface area contributed by atoms with Gasteiger partial charge in [0.15, 0.2) is 17.3 Å². The van der Waals surface area contributed by atoms with E-state index in [9.17, 15) is 9.18 Å². The summed E-state index contributed by atoms with van der Waals surface area (Å²) < 4.78 is 25.5. The lowest BCUT2D eigenvalue weighted by molar-refractivity contribution is -0.127. The first-order chi connectivity index (χ1) is 15.7. The minimum atomic E-state index is -0.309. The van der Waals surface area contributed by atoms with Crippen molar-refractivity contribution < 1.29 is 18.7 Å². The maximum absolute atomic E-state index is 13.2. The second-order valence-corrected chi connectivity index (χ2v) is 7.53. The first kappa shape index (κ1) is 20.1. The Kier molecular flexibility index (Phi) is 5.51. The van der Waals surface area contributed by atoms with Gasteiger partial charge in [-0.2, -0.15) is 4.68 Å². The predicted octanol–water partition coefficient (Wildman–Crippen LogP) is 1.89. The topological polar surface area (TPSA) is 85.6 Å². The molecule has 3 heterocycles. The van der Waals surface area contributed by atoms with Crippen molar-refractivity contribution in [1.82, 2.24) is 30.0 Å². The third-order valence-electron chi connectivity index (χ3n) is 5.47. The molecule has 0 atom stereocenters. The van der Waals surface area contributed by atoms with Gasteiger partial charge in [0.1, 0.15) is 5.82 Å². The van der Waals surface area contributed by atoms with Crippen molar-refractivity contribution in [1.29, 1.82) is 0 Å². The first-order valence-electron chi connectivity index (χ1n) is 10.3. The Balaban J connectivity index is 1.16. The number of hydrogen-bond acceptors (Lipinski definition) is 7. The fourth-order valence-electron chi connectivity index (χ4n) is 3.70. The zero-order chi connectivity index (χ0) is 21.9. The zero-order valence-corrected chi connectivity index (χ0v) is 17.2. The molecule has 32 heavy (non-hydrogen) atoms. The van der Waals surface area contributed by atoms with Crippen molar-refractivity contribution in [2.75, 3.05) is 33.0 Å². The maximum atomic E-state index is 13.2. The number of rotatable bonds is 5. The molecule has 0 saturated carbocycles. The highest BCUT2D eigenvalue weighted by Gasteiger charge is 2.22. The monoisotopic (exact) mass is 436 g/mol. The molecule has 0 aliphatic carbocycles. The maximum Gasteiger partial charge on any atom is 0.246 e. The van der Waals surface area contributed by atoms with Gasteiger partial charge in [-0.15, -0.1) is 5.10 Å². The summed E-state index contributed by atoms with van der Waals surface area (Å²) in [4.78, 5) is 16.6. The van der Waals surface area contributed by atoms with E-state index in [4.69, 9.17) is 9.47 Å². The van der Waals surface area contributed by atoms with Crippen molar-refractivity contribution in [3.63, 3.8) is 0 Å². The number of piperazine rings is 1. The van der Waals surface area contributed by atoms with Crippen LogP contribution in [0.1, 0.15) is 11.4 Å². The fraction of sp³-hybridized carbons (Fsp3) is 0.273. The SMILES string of the molecule is O=C(/C=C\c1ccc2c(c1)OCO2)N1CCN(Cc2nnnn2-c2ccc(F)cc2)CC1. The number of amides is 1. The van der Waals surface area contributed by atoms with E-state index in [0.717, 1.165) is 11.3 Å². The van der Waals surface area contributed by atoms with Gasteiger partial charge < -0.3 is 14.4 Å². The van der Waals surface area contributed by atoms with Crippen molar-refractivity contribution in [2.45, 2.75) is 6.54 Å². The van der Waals surface area contributed by atoms with Gasteiger partial charge >= 0.3 is 0 Å². The second kappa shape index (κ2) is 8.75. The molecule has 0 N–H and O–H groups in total. The lowest BCUT2D eigenvalue weighted by atomic mass is 10.2. The Morgan fingerprint density at radius 3 is 2.62 bits per heavy atom. The molecule has 9 nitrogen and oxygen atoms in total. The number of benzene rings is 2. The van der Waals surface area contributed by atoms with Crippen LogP contribution < -0.4 is 9.47 Å². The summed E-state index contributed by atoms with van der Waals surface area (Å²) in [6.45, 7) is 3.41. The second-order valence-electron chi connectivity index (χ2n) is 7.53. The average Bonchev–Trinajstić information content (AvgIpc) is 3.47. The largest absolute Gasteiger partial charge is 0.454 e. The van der Waals surface area contributed by atoms with Crippen molar-refractivity contribution in [2.24, 2.45) is 0 Å². The molecule has 0 bridgehead atoms. The quantitative estimate of drug-likeness (QED) is 0.565. The number of halogens is 1. The molecule has 164 valence electrons. The highest BCUT2D eigenvalue weighted by Crippen LogP contribution is 2.32. The Morgan fingerprint density at radius 2 is 1.81 bits per heavy atom. The van der Waals surface area contributed by atoms with Crippen LogP contribution >= 0.6 is 0 Å². The molecule has 0 unspecified atom stereocenters. The smallest absolute Gasteiger partial charge is 0.246 e. The molecule has 1 fully saturated rings. The van der Waals surface area contributed by atoms with Crippen LogP contribution in [0.5, 0.6) is 11.5 Å². The highest BCUT2D eigenvalue weighted by atomic mass is 19.1. The molecule has 0 radical (unpaired) electrons. The van der Waals surface area contributed by atoms with E-state index in [1.54, 1.807) is 29.0 Å². The number of hydrogen-bond donors (Lipinski definition) is 0. The lowest BCUT2D eigenvalue weighted by Gasteiger charge is -2.33. The normalized spacial score (nSPS) is 16.1. The Bertz CT molecular complexity index is 1140. The van der Waals surface area contributed by atoms with Gasteiger partial charge in [-0.1, -0.05) is 6.07 Å². The van der Waals surface area contributed by atoms with E-state index in [2.05, 4.69) is 20.4 Å². The molecule has 0 spiro atoms. The third kappa shape index (κ3) is 4.30. The zero-order valence-electron chi connectivity index (χ0n) is 17.2. The van der Waals surface area contributed by atoms with Gasteiger partial charge in [-0.25, -0.2) is 4.39 Å². The average molecular weight is 436 g/mol. The molecule has 2 aliphatic rings. The summed E-state index contributed by atoms with van der Waals surface area (Å²) in [6, 6.07) is 11.6. The molecule has 10 heteroatoms. The van der Waals surface area contributed by atoms with Crippen LogP contribution in [0.2, 0.25) is 0 Å². The van der Waals surface area contributed by atoms with Crippen LogP contribution in [0.15, 0.2) is 48.5 Å². The van der Waals surface area contributed by atoms with Crippen LogP contribution in [0.4, 0.5) is 4.39 Å². The summed E-state index contributed by atoms with van der Waals surface area (Å²) in [6.07, 6.45) is 3.37. The van der Waals surface area contributed by atoms with Gasteiger partial charge in [-0.05, 0) is 58.5 Å². The molecule has 1 aromatic heterocycles. The predicted molar refractivity (Wildman–Crippen MR) is 113 cm³/mol. The van der Waals surface area contributed by atoms with Crippen LogP contribution in [0.25, 0.3) is 11.8 Å². The summed E-state index contributed by atoms with van der Waals surface area (Å²) in [5.41, 5.74) is 1.59. The number of tetrazole rings is 1. The van der Waals surface area contributed by atoms with E-state index >= 15 is 0 Å². The van der Waals surface area contributed by atoms with E-state index < -0.39 is 0 Å². The first-order valence-corrected chi connectivity index (χ1v) is 10.3. The van der Waals surface area contributed by atoms with Gasteiger partial charge in [0.05, 0.1) is 12.2 Å². The number of fused-ring (bicyclic) bond motifs is 1. The van der Waals surface area contributed by atoms with Gasteiger partial charge in [-0.3, -0.25) is 9.69 Å². The number of ether oxygens (including phenoxy) is 2. The number of aromatic nitrogens is 4. The summed E-state index contributed by atoms with van der Waals surface area (Å²) in [5.74, 6) is 1.74. The molecule has 5 rings (SSSR count). The highest BCUT2D eigenvalue weighted by molar-refractivity contribution is 5.92. The molecule has 2 aromatic carbocycles. The number of nitrogens with zero attached hydrogens (tertiary/aromatic N) is 6. The van der Waals surface area contributed by atoms with Crippen LogP contribution in [-0.2, 0) is 11.3 Å². The number of carbonyl (C=O) groups is 1. The Hall–Kier alpha value is -3.79. The fourth-order valence-corrected chi connectivity index (χ4v) is 3.70. The molecule has 1 saturated heterocycles. The Labute approximate surface area is 183 Å². The molecule has 1 amide bonds. The third-order valence-corrected chi connectivity index (χ3v) is 5.47. The summed E-state index contributed by atoms with van der Waals surface area (Å²) in [5, 5.41) is 11.9. The minimum absolute atomic E-state index is 0.0292. The summed E-state index contributed by atoms with van der Waals surface area (Å²) in [7, 11) is 0.